The lowest BCUT2D eigenvalue weighted by Gasteiger charge is -2.32. The molecule has 2 atom stereocenters. The fourth-order valence-corrected chi connectivity index (χ4v) is 3.90. The second kappa shape index (κ2) is 8.37. The van der Waals surface area contributed by atoms with Gasteiger partial charge in [0.05, 0.1) is 12.0 Å². The second-order valence-electron chi connectivity index (χ2n) is 7.33. The van der Waals surface area contributed by atoms with E-state index in [4.69, 9.17) is 10.00 Å². The van der Waals surface area contributed by atoms with Gasteiger partial charge in [-0.25, -0.2) is 0 Å². The average Bonchev–Trinajstić information content (AvgIpc) is 2.73. The molecule has 1 saturated heterocycles. The molecule has 0 bridgehead atoms. The molecule has 0 saturated carbocycles. The van der Waals surface area contributed by atoms with Crippen LogP contribution < -0.4 is 5.32 Å². The zero-order valence-electron chi connectivity index (χ0n) is 15.5. The molecule has 4 nitrogen and oxygen atoms in total. The first kappa shape index (κ1) is 17.8. The maximum atomic E-state index is 8.76. The number of hydrogen-bond acceptors (Lipinski definition) is 4. The summed E-state index contributed by atoms with van der Waals surface area (Å²) >= 11 is 0. The Morgan fingerprint density at radius 3 is 2.78 bits per heavy atom. The molecule has 4 rings (SSSR count). The Morgan fingerprint density at radius 1 is 1.19 bits per heavy atom. The summed E-state index contributed by atoms with van der Waals surface area (Å²) in [6.07, 6.45) is 14.3. The maximum Gasteiger partial charge on any atom is 0.106 e. The summed E-state index contributed by atoms with van der Waals surface area (Å²) in [5.41, 5.74) is 3.60. The van der Waals surface area contributed by atoms with Crippen LogP contribution in [0.4, 0.5) is 0 Å². The van der Waals surface area contributed by atoms with E-state index in [2.05, 4.69) is 58.9 Å². The summed E-state index contributed by atoms with van der Waals surface area (Å²) in [6, 6.07) is 10.8. The van der Waals surface area contributed by atoms with Crippen molar-refractivity contribution in [2.24, 2.45) is 16.8 Å². The highest BCUT2D eigenvalue weighted by atomic mass is 16.5. The quantitative estimate of drug-likeness (QED) is 0.864. The van der Waals surface area contributed by atoms with Gasteiger partial charge < -0.3 is 10.1 Å². The maximum absolute atomic E-state index is 8.76. The molecule has 0 aromatic heterocycles. The first-order valence-electron chi connectivity index (χ1n) is 9.80. The Morgan fingerprint density at radius 2 is 2.00 bits per heavy atom. The van der Waals surface area contributed by atoms with Gasteiger partial charge in [0.25, 0.3) is 0 Å². The monoisotopic (exact) mass is 359 g/mol. The normalized spacial score (nSPS) is 24.6. The fourth-order valence-electron chi connectivity index (χ4n) is 3.90. The highest BCUT2D eigenvalue weighted by Gasteiger charge is 2.29. The predicted molar refractivity (Wildman–Crippen MR) is 108 cm³/mol. The molecular formula is C23H25N3O. The number of piperidine rings is 1. The Labute approximate surface area is 161 Å². The summed E-state index contributed by atoms with van der Waals surface area (Å²) < 4.78 is 6.45. The summed E-state index contributed by atoms with van der Waals surface area (Å²) in [7, 11) is 0. The lowest BCUT2D eigenvalue weighted by atomic mass is 9.82. The van der Waals surface area contributed by atoms with E-state index in [9.17, 15) is 0 Å². The van der Waals surface area contributed by atoms with Crippen molar-refractivity contribution < 1.29 is 4.74 Å². The van der Waals surface area contributed by atoms with Gasteiger partial charge in [0.2, 0.25) is 0 Å². The van der Waals surface area contributed by atoms with E-state index in [0.717, 1.165) is 38.1 Å². The van der Waals surface area contributed by atoms with Crippen LogP contribution in [0.5, 0.6) is 0 Å². The van der Waals surface area contributed by atoms with Crippen LogP contribution in [0.1, 0.15) is 30.4 Å². The van der Waals surface area contributed by atoms with Crippen LogP contribution in [-0.4, -0.2) is 25.4 Å². The van der Waals surface area contributed by atoms with E-state index in [0.29, 0.717) is 6.42 Å². The molecule has 1 aromatic carbocycles. The minimum absolute atomic E-state index is 0.198. The highest BCUT2D eigenvalue weighted by Crippen LogP contribution is 2.36. The molecule has 1 N–H and O–H groups in total. The summed E-state index contributed by atoms with van der Waals surface area (Å²) in [4.78, 5) is 4.35. The van der Waals surface area contributed by atoms with E-state index in [1.54, 1.807) is 0 Å². The van der Waals surface area contributed by atoms with Crippen molar-refractivity contribution in [1.29, 1.82) is 5.26 Å². The van der Waals surface area contributed by atoms with E-state index in [1.165, 1.54) is 16.7 Å². The van der Waals surface area contributed by atoms with Crippen molar-refractivity contribution in [1.82, 2.24) is 5.32 Å². The molecule has 0 amide bonds. The van der Waals surface area contributed by atoms with Gasteiger partial charge >= 0.3 is 0 Å². The number of hydrogen-bond donors (Lipinski definition) is 1. The number of allylic oxidation sites excluding steroid dienone is 5. The minimum Gasteiger partial charge on any atom is -0.494 e. The van der Waals surface area contributed by atoms with Gasteiger partial charge in [0, 0.05) is 24.8 Å². The molecule has 2 aliphatic heterocycles. The van der Waals surface area contributed by atoms with Crippen LogP contribution in [0.15, 0.2) is 59.4 Å². The number of nitriles is 1. The smallest absolute Gasteiger partial charge is 0.106 e. The van der Waals surface area contributed by atoms with Crippen molar-refractivity contribution in [3.63, 3.8) is 0 Å². The molecule has 0 spiro atoms. The first-order valence-corrected chi connectivity index (χ1v) is 9.80. The Bertz CT molecular complexity index is 820. The zero-order chi connectivity index (χ0) is 18.5. The molecule has 1 unspecified atom stereocenters. The lowest BCUT2D eigenvalue weighted by molar-refractivity contribution is 0.0735. The predicted octanol–water partition coefficient (Wildman–Crippen LogP) is 4.02. The van der Waals surface area contributed by atoms with Crippen molar-refractivity contribution in [3.05, 3.63) is 65.6 Å². The number of fused-ring (bicyclic) bond motifs is 1. The molecule has 4 heteroatoms. The topological polar surface area (TPSA) is 57.4 Å². The van der Waals surface area contributed by atoms with Crippen LogP contribution in [0.2, 0.25) is 0 Å². The Balaban J connectivity index is 1.57. The van der Waals surface area contributed by atoms with E-state index < -0.39 is 0 Å². The number of aliphatic imine (C=N–C) groups is 1. The van der Waals surface area contributed by atoms with Crippen LogP contribution in [0, 0.1) is 23.2 Å². The molecule has 3 aliphatic rings. The third-order valence-electron chi connectivity index (χ3n) is 5.46. The third-order valence-corrected chi connectivity index (χ3v) is 5.46. The molecular weight excluding hydrogens is 334 g/mol. The minimum atomic E-state index is 0.198. The van der Waals surface area contributed by atoms with Gasteiger partial charge in [-0.2, -0.15) is 5.26 Å². The molecule has 2 heterocycles. The summed E-state index contributed by atoms with van der Waals surface area (Å²) in [5, 5.41) is 12.2. The highest BCUT2D eigenvalue weighted by molar-refractivity contribution is 5.80. The third kappa shape index (κ3) is 4.20. The van der Waals surface area contributed by atoms with Gasteiger partial charge in [0.15, 0.2) is 0 Å². The molecule has 0 radical (unpaired) electrons. The van der Waals surface area contributed by atoms with Crippen LogP contribution in [0.3, 0.4) is 0 Å². The molecule has 1 aliphatic carbocycles. The van der Waals surface area contributed by atoms with Crippen molar-refractivity contribution in [2.75, 3.05) is 13.1 Å². The number of rotatable bonds is 5. The lowest BCUT2D eigenvalue weighted by Crippen LogP contribution is -2.34. The molecule has 138 valence electrons. The van der Waals surface area contributed by atoms with Crippen molar-refractivity contribution >= 4 is 11.8 Å². The largest absolute Gasteiger partial charge is 0.494 e. The average molecular weight is 359 g/mol. The molecule has 1 fully saturated rings. The number of nitrogens with one attached hydrogen (secondary N) is 1. The molecule has 1 aromatic rings. The second-order valence-corrected chi connectivity index (χ2v) is 7.33. The van der Waals surface area contributed by atoms with E-state index >= 15 is 0 Å². The summed E-state index contributed by atoms with van der Waals surface area (Å²) in [6.45, 7) is 2.04. The van der Waals surface area contributed by atoms with Crippen molar-refractivity contribution in [3.8, 4) is 6.07 Å². The number of ether oxygens (including phenoxy) is 1. The van der Waals surface area contributed by atoms with Crippen LogP contribution in [-0.2, 0) is 11.2 Å². The van der Waals surface area contributed by atoms with Gasteiger partial charge in [-0.3, -0.25) is 4.99 Å². The Kier molecular flexibility index (Phi) is 5.50. The van der Waals surface area contributed by atoms with E-state index in [1.807, 2.05) is 12.4 Å². The fraction of sp³-hybridized carbons (Fsp3) is 0.391. The number of aryl methyl sites for hydroxylation is 1. The zero-order valence-corrected chi connectivity index (χ0v) is 15.5. The SMILES string of the molecule is N#CCCc1ccc(C2=CC3C=CN=C[C@H]3C(OC3CCNCC3)=C2)cc1. The first-order chi connectivity index (χ1) is 13.3. The number of benzene rings is 1. The van der Waals surface area contributed by atoms with Gasteiger partial charge in [-0.1, -0.05) is 36.4 Å². The van der Waals surface area contributed by atoms with Crippen LogP contribution >= 0.6 is 0 Å². The van der Waals surface area contributed by atoms with Crippen LogP contribution in [0.25, 0.3) is 5.57 Å². The van der Waals surface area contributed by atoms with Gasteiger partial charge in [-0.05, 0) is 55.1 Å². The summed E-state index contributed by atoms with van der Waals surface area (Å²) in [5.74, 6) is 1.52. The number of nitrogens with zero attached hydrogens (tertiary/aromatic N) is 2. The van der Waals surface area contributed by atoms with E-state index in [-0.39, 0.29) is 17.9 Å². The molecule has 27 heavy (non-hydrogen) atoms. The Hall–Kier alpha value is -2.64. The van der Waals surface area contributed by atoms with Crippen molar-refractivity contribution in [2.45, 2.75) is 31.8 Å². The van der Waals surface area contributed by atoms with Gasteiger partial charge in [-0.15, -0.1) is 0 Å². The van der Waals surface area contributed by atoms with Gasteiger partial charge in [0.1, 0.15) is 11.9 Å². The standard InChI is InChI=1S/C23H25N3O/c24-10-1-2-17-3-5-18(6-4-17)20-14-19-7-11-26-16-22(19)23(15-20)27-21-8-12-25-13-9-21/h3-7,11,14-16,19,21-22,25H,1-2,8-9,12-13H2/t19?,22-/m1/s1.